The molecule has 2 rings (SSSR count). The largest absolute Gasteiger partial charge is 0.444 e. The zero-order valence-corrected chi connectivity index (χ0v) is 16.8. The molecule has 0 aromatic heterocycles. The maximum absolute atomic E-state index is 11.9. The Morgan fingerprint density at radius 3 is 2.71 bits per heavy atom. The third-order valence-corrected chi connectivity index (χ3v) is 5.30. The van der Waals surface area contributed by atoms with Crippen LogP contribution in [0.4, 0.5) is 10.5 Å². The minimum absolute atomic E-state index is 0.335. The lowest BCUT2D eigenvalue weighted by atomic mass is 9.84. The van der Waals surface area contributed by atoms with Gasteiger partial charge in [0.1, 0.15) is 5.60 Å². The first-order valence-corrected chi connectivity index (χ1v) is 9.60. The van der Waals surface area contributed by atoms with Gasteiger partial charge in [0.2, 0.25) is 0 Å². The van der Waals surface area contributed by atoms with Crippen LogP contribution in [-0.2, 0) is 4.74 Å². The highest BCUT2D eigenvalue weighted by atomic mass is 79.9. The predicted molar refractivity (Wildman–Crippen MR) is 103 cm³/mol. The van der Waals surface area contributed by atoms with E-state index in [9.17, 15) is 4.79 Å². The first-order valence-electron chi connectivity index (χ1n) is 8.43. The summed E-state index contributed by atoms with van der Waals surface area (Å²) in [5, 5.41) is 7.21. The molecule has 1 aromatic carbocycles. The van der Waals surface area contributed by atoms with Gasteiger partial charge in [-0.05, 0) is 73.7 Å². The van der Waals surface area contributed by atoms with Gasteiger partial charge < -0.3 is 15.4 Å². The number of rotatable bonds is 4. The van der Waals surface area contributed by atoms with Gasteiger partial charge in [-0.2, -0.15) is 0 Å². The smallest absolute Gasteiger partial charge is 0.407 e. The van der Waals surface area contributed by atoms with Crippen LogP contribution in [0.25, 0.3) is 0 Å². The number of carbonyl (C=O) groups is 1. The Balaban J connectivity index is 1.92. The molecular formula is C18H26BrClN2O2. The lowest BCUT2D eigenvalue weighted by Gasteiger charge is -2.33. The summed E-state index contributed by atoms with van der Waals surface area (Å²) in [5.74, 6) is 0.390. The number of carbonyl (C=O) groups excluding carboxylic acids is 1. The van der Waals surface area contributed by atoms with Crippen molar-refractivity contribution in [1.82, 2.24) is 5.32 Å². The number of ether oxygens (including phenoxy) is 1. The van der Waals surface area contributed by atoms with Crippen molar-refractivity contribution in [3.63, 3.8) is 0 Å². The lowest BCUT2D eigenvalue weighted by molar-refractivity contribution is 0.0514. The van der Waals surface area contributed by atoms with Crippen LogP contribution in [0.2, 0.25) is 5.02 Å². The van der Waals surface area contributed by atoms with Crippen molar-refractivity contribution >= 4 is 39.3 Å². The van der Waals surface area contributed by atoms with E-state index in [-0.39, 0.29) is 6.09 Å². The molecule has 1 aromatic rings. The summed E-state index contributed by atoms with van der Waals surface area (Å²) in [7, 11) is 0. The van der Waals surface area contributed by atoms with Crippen LogP contribution in [0, 0.1) is 5.92 Å². The second-order valence-corrected chi connectivity index (χ2v) is 8.57. The molecule has 134 valence electrons. The van der Waals surface area contributed by atoms with E-state index in [1.165, 1.54) is 12.8 Å². The van der Waals surface area contributed by atoms with Gasteiger partial charge in [0.25, 0.3) is 0 Å². The van der Waals surface area contributed by atoms with Gasteiger partial charge in [0.15, 0.2) is 0 Å². The molecule has 2 unspecified atom stereocenters. The lowest BCUT2D eigenvalue weighted by Crippen LogP contribution is -2.42. The first kappa shape index (κ1) is 19.4. The topological polar surface area (TPSA) is 50.4 Å². The van der Waals surface area contributed by atoms with Crippen molar-refractivity contribution in [1.29, 1.82) is 0 Å². The van der Waals surface area contributed by atoms with E-state index in [0.29, 0.717) is 23.5 Å². The summed E-state index contributed by atoms with van der Waals surface area (Å²) >= 11 is 9.51. The molecule has 0 aliphatic heterocycles. The SMILES string of the molecule is CC(C)(C)OC(=O)NCC1CCCCC1Nc1ccc(Cl)c(Br)c1. The van der Waals surface area contributed by atoms with Crippen LogP contribution < -0.4 is 10.6 Å². The molecule has 0 bridgehead atoms. The fourth-order valence-corrected chi connectivity index (χ4v) is 3.47. The van der Waals surface area contributed by atoms with Gasteiger partial charge in [-0.1, -0.05) is 24.4 Å². The van der Waals surface area contributed by atoms with Crippen molar-refractivity contribution in [2.24, 2.45) is 5.92 Å². The van der Waals surface area contributed by atoms with E-state index < -0.39 is 5.60 Å². The van der Waals surface area contributed by atoms with Gasteiger partial charge in [0, 0.05) is 22.7 Å². The van der Waals surface area contributed by atoms with Crippen LogP contribution in [0.3, 0.4) is 0 Å². The molecule has 24 heavy (non-hydrogen) atoms. The van der Waals surface area contributed by atoms with Crippen molar-refractivity contribution in [2.45, 2.75) is 58.1 Å². The van der Waals surface area contributed by atoms with Crippen molar-refractivity contribution in [3.8, 4) is 0 Å². The second kappa shape index (κ2) is 8.43. The molecule has 0 spiro atoms. The first-order chi connectivity index (χ1) is 11.2. The third kappa shape index (κ3) is 6.17. The number of halogens is 2. The summed E-state index contributed by atoms with van der Waals surface area (Å²) in [4.78, 5) is 11.9. The molecule has 6 heteroatoms. The summed E-state index contributed by atoms with van der Waals surface area (Å²) in [6.07, 6.45) is 4.25. The molecular weight excluding hydrogens is 392 g/mol. The van der Waals surface area contributed by atoms with Gasteiger partial charge in [0.05, 0.1) is 5.02 Å². The molecule has 1 amide bonds. The van der Waals surface area contributed by atoms with Crippen LogP contribution in [0.15, 0.2) is 22.7 Å². The van der Waals surface area contributed by atoms with Gasteiger partial charge in [-0.15, -0.1) is 0 Å². The summed E-state index contributed by atoms with van der Waals surface area (Å²) in [6.45, 7) is 6.24. The molecule has 4 nitrogen and oxygen atoms in total. The Morgan fingerprint density at radius 2 is 2.04 bits per heavy atom. The molecule has 0 heterocycles. The van der Waals surface area contributed by atoms with E-state index >= 15 is 0 Å². The zero-order valence-electron chi connectivity index (χ0n) is 14.5. The highest BCUT2D eigenvalue weighted by Crippen LogP contribution is 2.30. The van der Waals surface area contributed by atoms with Crippen LogP contribution >= 0.6 is 27.5 Å². The number of nitrogens with one attached hydrogen (secondary N) is 2. The molecule has 1 aliphatic carbocycles. The average molecular weight is 418 g/mol. The number of alkyl carbamates (subject to hydrolysis) is 1. The highest BCUT2D eigenvalue weighted by Gasteiger charge is 2.26. The highest BCUT2D eigenvalue weighted by molar-refractivity contribution is 9.10. The maximum atomic E-state index is 11.9. The predicted octanol–water partition coefficient (Wildman–Crippen LogP) is 5.60. The Hall–Kier alpha value is -0.940. The van der Waals surface area contributed by atoms with E-state index in [1.54, 1.807) is 0 Å². The van der Waals surface area contributed by atoms with Crippen molar-refractivity contribution < 1.29 is 9.53 Å². The third-order valence-electron chi connectivity index (χ3n) is 4.09. The summed E-state index contributed by atoms with van der Waals surface area (Å²) in [5.41, 5.74) is 0.574. The minimum atomic E-state index is -0.468. The van der Waals surface area contributed by atoms with Crippen LogP contribution in [-0.4, -0.2) is 24.3 Å². The normalized spacial score (nSPS) is 21.2. The molecule has 0 radical (unpaired) electrons. The van der Waals surface area contributed by atoms with E-state index in [4.69, 9.17) is 16.3 Å². The number of benzene rings is 1. The molecule has 1 fully saturated rings. The van der Waals surface area contributed by atoms with Gasteiger partial charge in [-0.3, -0.25) is 0 Å². The Labute approximate surface area is 157 Å². The van der Waals surface area contributed by atoms with Crippen molar-refractivity contribution in [2.75, 3.05) is 11.9 Å². The maximum Gasteiger partial charge on any atom is 0.407 e. The Bertz CT molecular complexity index is 575. The van der Waals surface area contributed by atoms with Gasteiger partial charge >= 0.3 is 6.09 Å². The Kier molecular flexibility index (Phi) is 6.81. The standard InChI is InChI=1S/C18H26BrClN2O2/c1-18(2,3)24-17(23)21-11-12-6-4-5-7-16(12)22-13-8-9-15(20)14(19)10-13/h8-10,12,16,22H,4-7,11H2,1-3H3,(H,21,23). The number of amides is 1. The average Bonchev–Trinajstić information content (AvgIpc) is 2.48. The van der Waals surface area contributed by atoms with E-state index in [0.717, 1.165) is 23.0 Å². The monoisotopic (exact) mass is 416 g/mol. The van der Waals surface area contributed by atoms with E-state index in [2.05, 4.69) is 26.6 Å². The zero-order chi connectivity index (χ0) is 17.7. The quantitative estimate of drug-likeness (QED) is 0.670. The molecule has 1 aliphatic rings. The minimum Gasteiger partial charge on any atom is -0.444 e. The molecule has 2 N–H and O–H groups in total. The number of hydrogen-bond donors (Lipinski definition) is 2. The molecule has 0 saturated heterocycles. The van der Waals surface area contributed by atoms with Crippen molar-refractivity contribution in [3.05, 3.63) is 27.7 Å². The van der Waals surface area contributed by atoms with Crippen LogP contribution in [0.1, 0.15) is 46.5 Å². The number of anilines is 1. The molecule has 2 atom stereocenters. The van der Waals surface area contributed by atoms with Crippen LogP contribution in [0.5, 0.6) is 0 Å². The summed E-state index contributed by atoms with van der Waals surface area (Å²) < 4.78 is 6.20. The fraction of sp³-hybridized carbons (Fsp3) is 0.611. The number of hydrogen-bond acceptors (Lipinski definition) is 3. The van der Waals surface area contributed by atoms with E-state index in [1.807, 2.05) is 39.0 Å². The van der Waals surface area contributed by atoms with Gasteiger partial charge in [-0.25, -0.2) is 4.79 Å². The second-order valence-electron chi connectivity index (χ2n) is 7.31. The summed E-state index contributed by atoms with van der Waals surface area (Å²) in [6, 6.07) is 6.20. The molecule has 1 saturated carbocycles. The fourth-order valence-electron chi connectivity index (χ4n) is 2.97. The Morgan fingerprint density at radius 1 is 1.33 bits per heavy atom.